The number of nitrogens with zero attached hydrogens (tertiary/aromatic N) is 6. The third-order valence-corrected chi connectivity index (χ3v) is 6.41. The smallest absolute Gasteiger partial charge is 0.277 e. The molecule has 1 aliphatic heterocycles. The minimum Gasteiger partial charge on any atom is -0.354 e. The Hall–Kier alpha value is -4.45. The molecule has 1 amide bonds. The highest BCUT2D eigenvalue weighted by Crippen LogP contribution is 2.25. The average molecular weight is 490 g/mol. The predicted octanol–water partition coefficient (Wildman–Crippen LogP) is 1.95. The van der Waals surface area contributed by atoms with Crippen LogP contribution in [0.1, 0.15) is 27.3 Å². The molecule has 0 unspecified atom stereocenters. The highest BCUT2D eigenvalue weighted by Gasteiger charge is 2.24. The van der Waals surface area contributed by atoms with Crippen molar-refractivity contribution in [3.05, 3.63) is 87.4 Å². The monoisotopic (exact) mass is 490 g/mol. The molecule has 0 atom stereocenters. The fourth-order valence-electron chi connectivity index (χ4n) is 4.66. The van der Waals surface area contributed by atoms with Gasteiger partial charge in [-0.1, -0.05) is 6.07 Å². The van der Waals surface area contributed by atoms with Crippen molar-refractivity contribution in [1.29, 1.82) is 0 Å². The van der Waals surface area contributed by atoms with E-state index in [1.165, 1.54) is 0 Å². The molecule has 4 aromatic heterocycles. The van der Waals surface area contributed by atoms with Gasteiger partial charge in [0.15, 0.2) is 22.8 Å². The molecule has 5 heterocycles. The van der Waals surface area contributed by atoms with Crippen LogP contribution in [-0.2, 0) is 19.5 Å². The number of halogens is 2. The lowest BCUT2D eigenvalue weighted by atomic mass is 10.1. The number of nitrogens with one attached hydrogen (secondary N) is 2. The number of hydrogen-bond donors (Lipinski definition) is 2. The first-order valence-corrected chi connectivity index (χ1v) is 11.3. The number of pyridine rings is 1. The molecule has 0 saturated carbocycles. The van der Waals surface area contributed by atoms with Crippen LogP contribution in [-0.4, -0.2) is 53.8 Å². The van der Waals surface area contributed by atoms with Crippen LogP contribution in [0.3, 0.4) is 0 Å². The van der Waals surface area contributed by atoms with Gasteiger partial charge < -0.3 is 10.3 Å². The van der Waals surface area contributed by atoms with Gasteiger partial charge in [0, 0.05) is 56.6 Å². The molecule has 36 heavy (non-hydrogen) atoms. The number of benzene rings is 1. The van der Waals surface area contributed by atoms with Crippen molar-refractivity contribution < 1.29 is 13.6 Å². The van der Waals surface area contributed by atoms with Gasteiger partial charge in [-0.3, -0.25) is 14.5 Å². The maximum absolute atomic E-state index is 15.4. The second-order valence-electron chi connectivity index (χ2n) is 8.60. The van der Waals surface area contributed by atoms with Crippen LogP contribution in [0.4, 0.5) is 8.78 Å². The second kappa shape index (κ2) is 8.34. The average Bonchev–Trinajstić information content (AvgIpc) is 3.49. The Morgan fingerprint density at radius 3 is 2.94 bits per heavy atom. The van der Waals surface area contributed by atoms with E-state index in [1.54, 1.807) is 42.2 Å². The molecule has 0 bridgehead atoms. The summed E-state index contributed by atoms with van der Waals surface area (Å²) in [5, 5.41) is 11.1. The van der Waals surface area contributed by atoms with Crippen molar-refractivity contribution in [2.75, 3.05) is 13.6 Å². The largest absolute Gasteiger partial charge is 0.354 e. The topological polar surface area (TPSA) is 113 Å². The summed E-state index contributed by atoms with van der Waals surface area (Å²) in [5.41, 5.74) is 2.39. The standard InChI is InChI=1S/C24H20F2N8O2/c1-27-23(35)21-17(3-2-7-28-21)33-12-14-11-32(8-6-16(14)31-33)10-13-4-5-18-20(19(13)26)30-24(36)22-15(25)9-29-34(18)22/h2-5,7,9,12H,6,8,10-11H2,1H3,(H,27,35)(H,30,36). The highest BCUT2D eigenvalue weighted by atomic mass is 19.1. The van der Waals surface area contributed by atoms with Crippen LogP contribution in [0, 0.1) is 11.6 Å². The number of rotatable bonds is 4. The quantitative estimate of drug-likeness (QED) is 0.398. The van der Waals surface area contributed by atoms with Crippen LogP contribution in [0.5, 0.6) is 0 Å². The van der Waals surface area contributed by atoms with Gasteiger partial charge in [-0.15, -0.1) is 0 Å². The molecule has 0 radical (unpaired) electrons. The number of H-pyrrole nitrogens is 1. The number of hydrogen-bond acceptors (Lipinski definition) is 6. The number of aromatic nitrogens is 6. The van der Waals surface area contributed by atoms with E-state index in [2.05, 4.69) is 30.4 Å². The van der Waals surface area contributed by atoms with Gasteiger partial charge in [-0.2, -0.15) is 10.2 Å². The van der Waals surface area contributed by atoms with E-state index in [4.69, 9.17) is 0 Å². The fourth-order valence-corrected chi connectivity index (χ4v) is 4.66. The molecule has 0 spiro atoms. The molecule has 12 heteroatoms. The van der Waals surface area contributed by atoms with Gasteiger partial charge in [-0.25, -0.2) is 23.0 Å². The number of amides is 1. The second-order valence-corrected chi connectivity index (χ2v) is 8.60. The van der Waals surface area contributed by atoms with Crippen molar-refractivity contribution >= 4 is 22.5 Å². The third-order valence-electron chi connectivity index (χ3n) is 6.41. The van der Waals surface area contributed by atoms with Gasteiger partial charge >= 0.3 is 0 Å². The van der Waals surface area contributed by atoms with E-state index in [1.807, 2.05) is 6.20 Å². The Morgan fingerprint density at radius 1 is 1.25 bits per heavy atom. The number of fused-ring (bicyclic) bond motifs is 4. The molecule has 182 valence electrons. The lowest BCUT2D eigenvalue weighted by Gasteiger charge is -2.26. The zero-order valence-electron chi connectivity index (χ0n) is 19.1. The van der Waals surface area contributed by atoms with Crippen molar-refractivity contribution in [3.8, 4) is 5.69 Å². The molecular formula is C24H20F2N8O2. The molecule has 0 fully saturated rings. The minimum atomic E-state index is -0.763. The van der Waals surface area contributed by atoms with Gasteiger partial charge in [0.2, 0.25) is 0 Å². The molecule has 2 N–H and O–H groups in total. The summed E-state index contributed by atoms with van der Waals surface area (Å²) in [7, 11) is 1.55. The summed E-state index contributed by atoms with van der Waals surface area (Å²) in [4.78, 5) is 33.2. The first-order valence-electron chi connectivity index (χ1n) is 11.3. The maximum Gasteiger partial charge on any atom is 0.277 e. The van der Waals surface area contributed by atoms with Gasteiger partial charge in [0.25, 0.3) is 11.5 Å². The van der Waals surface area contributed by atoms with Gasteiger partial charge in [0.1, 0.15) is 5.52 Å². The number of carbonyl (C=O) groups excluding carboxylic acids is 1. The lowest BCUT2D eigenvalue weighted by molar-refractivity contribution is 0.0958. The molecule has 0 aliphatic carbocycles. The summed E-state index contributed by atoms with van der Waals surface area (Å²) in [6.45, 7) is 1.48. The van der Waals surface area contributed by atoms with Crippen LogP contribution in [0.25, 0.3) is 22.2 Å². The normalized spacial score (nSPS) is 13.9. The molecule has 6 rings (SSSR count). The minimum absolute atomic E-state index is 0.0167. The molecule has 1 aromatic carbocycles. The van der Waals surface area contributed by atoms with Gasteiger partial charge in [0.05, 0.1) is 23.1 Å². The summed E-state index contributed by atoms with van der Waals surface area (Å²) < 4.78 is 32.1. The molecule has 0 saturated heterocycles. The van der Waals surface area contributed by atoms with Crippen molar-refractivity contribution in [2.45, 2.75) is 19.5 Å². The first-order chi connectivity index (χ1) is 17.4. The maximum atomic E-state index is 15.4. The number of carbonyl (C=O) groups is 1. The zero-order chi connectivity index (χ0) is 25.0. The van der Waals surface area contributed by atoms with Crippen molar-refractivity contribution in [1.82, 2.24) is 39.6 Å². The van der Waals surface area contributed by atoms with E-state index in [0.29, 0.717) is 37.3 Å². The van der Waals surface area contributed by atoms with Crippen LogP contribution in [0.15, 0.2) is 47.7 Å². The van der Waals surface area contributed by atoms with Crippen LogP contribution >= 0.6 is 0 Å². The SMILES string of the molecule is CNC(=O)c1ncccc1-n1cc2c(n1)CCN(Cc1ccc3c([nH]c(=O)c4c(F)cnn43)c1F)C2. The van der Waals surface area contributed by atoms with E-state index >= 15 is 4.39 Å². The van der Waals surface area contributed by atoms with Crippen LogP contribution < -0.4 is 10.9 Å². The Kier molecular flexibility index (Phi) is 5.11. The summed E-state index contributed by atoms with van der Waals surface area (Å²) in [5.74, 6) is -1.64. The molecular weight excluding hydrogens is 470 g/mol. The van der Waals surface area contributed by atoms with E-state index < -0.39 is 17.2 Å². The van der Waals surface area contributed by atoms with Crippen molar-refractivity contribution in [3.63, 3.8) is 0 Å². The number of aromatic amines is 1. The van der Waals surface area contributed by atoms with Crippen molar-refractivity contribution in [2.24, 2.45) is 0 Å². The van der Waals surface area contributed by atoms with Gasteiger partial charge in [-0.05, 0) is 18.2 Å². The zero-order valence-corrected chi connectivity index (χ0v) is 19.1. The Bertz CT molecular complexity index is 1720. The highest BCUT2D eigenvalue weighted by molar-refractivity contribution is 5.95. The van der Waals surface area contributed by atoms with Crippen LogP contribution in [0.2, 0.25) is 0 Å². The third kappa shape index (κ3) is 3.45. The lowest BCUT2D eigenvalue weighted by Crippen LogP contribution is -2.30. The Labute approximate surface area is 202 Å². The fraction of sp³-hybridized carbons (Fsp3) is 0.208. The van der Waals surface area contributed by atoms with E-state index in [9.17, 15) is 14.0 Å². The van der Waals surface area contributed by atoms with E-state index in [-0.39, 0.29) is 28.2 Å². The molecule has 10 nitrogen and oxygen atoms in total. The predicted molar refractivity (Wildman–Crippen MR) is 126 cm³/mol. The van der Waals surface area contributed by atoms with E-state index in [0.717, 1.165) is 22.0 Å². The summed E-state index contributed by atoms with van der Waals surface area (Å²) >= 11 is 0. The Balaban J connectivity index is 1.29. The molecule has 1 aliphatic rings. The Morgan fingerprint density at radius 2 is 2.11 bits per heavy atom. The summed E-state index contributed by atoms with van der Waals surface area (Å²) in [6, 6.07) is 6.77. The first kappa shape index (κ1) is 22.0. The summed E-state index contributed by atoms with van der Waals surface area (Å²) in [6.07, 6.45) is 5.00. The molecule has 5 aromatic rings.